The molecule has 1 heterocycles. The first kappa shape index (κ1) is 24.5. The van der Waals surface area contributed by atoms with Gasteiger partial charge in [0.2, 0.25) is 5.91 Å². The van der Waals surface area contributed by atoms with E-state index >= 15 is 0 Å². The minimum atomic E-state index is -0.0695. The van der Waals surface area contributed by atoms with Crippen molar-refractivity contribution in [1.29, 1.82) is 0 Å². The molecule has 0 radical (unpaired) electrons. The topological polar surface area (TPSA) is 61.4 Å². The van der Waals surface area contributed by atoms with E-state index in [4.69, 9.17) is 0 Å². The molecule has 1 aliphatic heterocycles. The lowest BCUT2D eigenvalue weighted by Crippen LogP contribution is -2.46. The number of hydrogen-bond acceptors (Lipinski definition) is 3. The minimum absolute atomic E-state index is 0.0481. The van der Waals surface area contributed by atoms with E-state index in [-0.39, 0.29) is 23.8 Å². The average Bonchev–Trinajstić information content (AvgIpc) is 2.92. The molecular weight excluding hydrogens is 434 g/mol. The first-order valence-corrected chi connectivity index (χ1v) is 12.6. The number of hydrogen-bond donors (Lipinski definition) is 2. The lowest BCUT2D eigenvalue weighted by Gasteiger charge is -2.35. The normalized spacial score (nSPS) is 14.9. The van der Waals surface area contributed by atoms with Gasteiger partial charge in [-0.05, 0) is 48.1 Å². The summed E-state index contributed by atoms with van der Waals surface area (Å²) in [6.07, 6.45) is 2.61. The van der Waals surface area contributed by atoms with Crippen molar-refractivity contribution >= 4 is 17.5 Å². The number of piperidine rings is 1. The fraction of sp³-hybridized carbons (Fsp3) is 0.333. The molecule has 5 nitrogen and oxygen atoms in total. The molecule has 1 saturated heterocycles. The first-order valence-electron chi connectivity index (χ1n) is 12.6. The van der Waals surface area contributed by atoms with E-state index in [1.165, 1.54) is 5.56 Å². The van der Waals surface area contributed by atoms with Crippen molar-refractivity contribution in [2.45, 2.75) is 45.7 Å². The zero-order valence-electron chi connectivity index (χ0n) is 20.7. The quantitative estimate of drug-likeness (QED) is 0.463. The molecule has 1 aliphatic rings. The van der Waals surface area contributed by atoms with Gasteiger partial charge in [0.15, 0.2) is 0 Å². The molecule has 3 aromatic rings. The number of carbonyl (C=O) groups is 2. The monoisotopic (exact) mass is 469 g/mol. The summed E-state index contributed by atoms with van der Waals surface area (Å²) in [6, 6.07) is 26.6. The average molecular weight is 470 g/mol. The second kappa shape index (κ2) is 11.7. The number of nitrogens with zero attached hydrogens (tertiary/aromatic N) is 1. The highest BCUT2D eigenvalue weighted by molar-refractivity contribution is 5.99. The van der Waals surface area contributed by atoms with Crippen LogP contribution in [0.3, 0.4) is 0 Å². The van der Waals surface area contributed by atoms with Gasteiger partial charge in [0.05, 0.1) is 5.56 Å². The molecule has 5 heteroatoms. The second-order valence-electron chi connectivity index (χ2n) is 9.34. The number of para-hydroxylation sites is 1. The van der Waals surface area contributed by atoms with Crippen LogP contribution in [0.4, 0.5) is 5.69 Å². The Balaban J connectivity index is 1.34. The number of benzene rings is 3. The zero-order chi connectivity index (χ0) is 24.6. The predicted molar refractivity (Wildman–Crippen MR) is 142 cm³/mol. The van der Waals surface area contributed by atoms with Gasteiger partial charge in [-0.1, -0.05) is 80.6 Å². The Morgan fingerprint density at radius 1 is 0.886 bits per heavy atom. The molecule has 1 atom stereocenters. The highest BCUT2D eigenvalue weighted by atomic mass is 16.2. The fourth-order valence-electron chi connectivity index (χ4n) is 4.46. The maximum atomic E-state index is 13.1. The fourth-order valence-corrected chi connectivity index (χ4v) is 4.46. The highest BCUT2D eigenvalue weighted by Crippen LogP contribution is 2.25. The van der Waals surface area contributed by atoms with Crippen LogP contribution in [0.1, 0.15) is 49.0 Å². The third-order valence-electron chi connectivity index (χ3n) is 6.90. The smallest absolute Gasteiger partial charge is 0.253 e. The van der Waals surface area contributed by atoms with Crippen molar-refractivity contribution in [1.82, 2.24) is 10.6 Å². The Morgan fingerprint density at radius 2 is 1.51 bits per heavy atom. The molecule has 2 N–H and O–H groups in total. The van der Waals surface area contributed by atoms with E-state index in [0.29, 0.717) is 12.1 Å². The van der Waals surface area contributed by atoms with Gasteiger partial charge < -0.3 is 15.5 Å². The van der Waals surface area contributed by atoms with Crippen LogP contribution in [0.15, 0.2) is 78.9 Å². The molecule has 35 heavy (non-hydrogen) atoms. The zero-order valence-corrected chi connectivity index (χ0v) is 20.7. The Kier molecular flexibility index (Phi) is 8.19. The van der Waals surface area contributed by atoms with Gasteiger partial charge in [-0.3, -0.25) is 9.59 Å². The highest BCUT2D eigenvalue weighted by Gasteiger charge is 2.24. The van der Waals surface area contributed by atoms with Gasteiger partial charge in [-0.15, -0.1) is 0 Å². The van der Waals surface area contributed by atoms with Gasteiger partial charge in [-0.25, -0.2) is 0 Å². The standard InChI is InChI=1S/C30H35N3O2/c1-3-22(2)29(34)32-26-17-19-33(20-18-26)28-12-8-7-11-27(28)30(35)31-21-23-13-15-25(16-14-23)24-9-5-4-6-10-24/h4-16,22,26H,3,17-21H2,1-2H3,(H,31,35)(H,32,34). The minimum Gasteiger partial charge on any atom is -0.371 e. The van der Waals surface area contributed by atoms with Crippen molar-refractivity contribution in [2.24, 2.45) is 5.92 Å². The summed E-state index contributed by atoms with van der Waals surface area (Å²) in [5.74, 6) is 0.120. The number of carbonyl (C=O) groups excluding carboxylic acids is 2. The summed E-state index contributed by atoms with van der Waals surface area (Å²) in [4.78, 5) is 27.6. The van der Waals surface area contributed by atoms with Gasteiger partial charge in [-0.2, -0.15) is 0 Å². The van der Waals surface area contributed by atoms with E-state index in [1.54, 1.807) is 0 Å². The Labute approximate surface area is 208 Å². The molecule has 0 spiro atoms. The van der Waals surface area contributed by atoms with E-state index in [9.17, 15) is 9.59 Å². The number of anilines is 1. The van der Waals surface area contributed by atoms with Crippen LogP contribution >= 0.6 is 0 Å². The predicted octanol–water partition coefficient (Wildman–Crippen LogP) is 5.41. The molecular formula is C30H35N3O2. The molecule has 0 aromatic heterocycles. The summed E-state index contributed by atoms with van der Waals surface area (Å²) in [5.41, 5.74) is 5.05. The summed E-state index contributed by atoms with van der Waals surface area (Å²) in [7, 11) is 0. The summed E-state index contributed by atoms with van der Waals surface area (Å²) >= 11 is 0. The molecule has 0 bridgehead atoms. The van der Waals surface area contributed by atoms with Crippen molar-refractivity contribution in [3.8, 4) is 11.1 Å². The lowest BCUT2D eigenvalue weighted by molar-refractivity contribution is -0.125. The van der Waals surface area contributed by atoms with E-state index in [1.807, 2.05) is 56.3 Å². The van der Waals surface area contributed by atoms with Crippen LogP contribution < -0.4 is 15.5 Å². The molecule has 0 saturated carbocycles. The van der Waals surface area contributed by atoms with Crippen LogP contribution in [0, 0.1) is 5.92 Å². The van der Waals surface area contributed by atoms with Crippen molar-refractivity contribution in [3.05, 3.63) is 90.0 Å². The van der Waals surface area contributed by atoms with Crippen LogP contribution in [0.25, 0.3) is 11.1 Å². The van der Waals surface area contributed by atoms with Gasteiger partial charge in [0.1, 0.15) is 0 Å². The van der Waals surface area contributed by atoms with Crippen molar-refractivity contribution in [2.75, 3.05) is 18.0 Å². The molecule has 4 rings (SSSR count). The van der Waals surface area contributed by atoms with Crippen LogP contribution in [-0.4, -0.2) is 30.9 Å². The van der Waals surface area contributed by atoms with Gasteiger partial charge >= 0.3 is 0 Å². The van der Waals surface area contributed by atoms with Crippen LogP contribution in [-0.2, 0) is 11.3 Å². The summed E-state index contributed by atoms with van der Waals surface area (Å²) in [6.45, 7) is 6.12. The van der Waals surface area contributed by atoms with Gasteiger partial charge in [0, 0.05) is 37.3 Å². The molecule has 182 valence electrons. The van der Waals surface area contributed by atoms with Gasteiger partial charge in [0.25, 0.3) is 5.91 Å². The SMILES string of the molecule is CCC(C)C(=O)NC1CCN(c2ccccc2C(=O)NCc2ccc(-c3ccccc3)cc2)CC1. The third-order valence-corrected chi connectivity index (χ3v) is 6.90. The lowest BCUT2D eigenvalue weighted by atomic mass is 10.0. The summed E-state index contributed by atoms with van der Waals surface area (Å²) in [5, 5.41) is 6.27. The number of rotatable bonds is 8. The second-order valence-corrected chi connectivity index (χ2v) is 9.34. The third kappa shape index (κ3) is 6.30. The molecule has 3 aromatic carbocycles. The van der Waals surface area contributed by atoms with Crippen molar-refractivity contribution < 1.29 is 9.59 Å². The summed E-state index contributed by atoms with van der Waals surface area (Å²) < 4.78 is 0. The number of amides is 2. The molecule has 1 unspecified atom stereocenters. The van der Waals surface area contributed by atoms with Crippen LogP contribution in [0.5, 0.6) is 0 Å². The largest absolute Gasteiger partial charge is 0.371 e. The Bertz CT molecular complexity index is 1120. The first-order chi connectivity index (χ1) is 17.0. The molecule has 2 amide bonds. The van der Waals surface area contributed by atoms with Crippen LogP contribution in [0.2, 0.25) is 0 Å². The van der Waals surface area contributed by atoms with E-state index < -0.39 is 0 Å². The maximum Gasteiger partial charge on any atom is 0.253 e. The Hall–Kier alpha value is -3.60. The molecule has 1 fully saturated rings. The van der Waals surface area contributed by atoms with Crippen molar-refractivity contribution in [3.63, 3.8) is 0 Å². The van der Waals surface area contributed by atoms with E-state index in [0.717, 1.165) is 49.2 Å². The van der Waals surface area contributed by atoms with E-state index in [2.05, 4.69) is 51.9 Å². The Morgan fingerprint density at radius 3 is 2.20 bits per heavy atom. The molecule has 0 aliphatic carbocycles. The number of nitrogens with one attached hydrogen (secondary N) is 2. The maximum absolute atomic E-state index is 13.1.